The van der Waals surface area contributed by atoms with Gasteiger partial charge in [0.25, 0.3) is 0 Å². The van der Waals surface area contributed by atoms with Crippen molar-refractivity contribution >= 4 is 5.91 Å². The number of aromatic nitrogens is 2. The van der Waals surface area contributed by atoms with Crippen LogP contribution in [0.25, 0.3) is 0 Å². The Balaban J connectivity index is 1.70. The molecule has 0 spiro atoms. The Morgan fingerprint density at radius 2 is 2.20 bits per heavy atom. The third-order valence-electron chi connectivity index (χ3n) is 4.52. The van der Waals surface area contributed by atoms with Crippen molar-refractivity contribution in [3.05, 3.63) is 41.5 Å². The minimum atomic E-state index is 0.00964. The lowest BCUT2D eigenvalue weighted by Gasteiger charge is -2.16. The van der Waals surface area contributed by atoms with E-state index in [0.717, 1.165) is 11.3 Å². The predicted octanol–water partition coefficient (Wildman–Crippen LogP) is 1.82. The number of carbonyl (C=O) groups excluding carboxylic acids is 1. The topological polar surface area (TPSA) is 77.7 Å². The van der Waals surface area contributed by atoms with Crippen molar-refractivity contribution in [3.63, 3.8) is 0 Å². The van der Waals surface area contributed by atoms with E-state index in [1.807, 2.05) is 29.2 Å². The summed E-state index contributed by atoms with van der Waals surface area (Å²) in [7, 11) is 3.28. The van der Waals surface area contributed by atoms with Crippen LogP contribution in [0.2, 0.25) is 0 Å². The Bertz CT molecular complexity index is 731. The molecule has 134 valence electrons. The molecule has 1 amide bonds. The first kappa shape index (κ1) is 17.4. The molecule has 2 aromatic rings. The molecule has 7 nitrogen and oxygen atoms in total. The van der Waals surface area contributed by atoms with Crippen molar-refractivity contribution in [3.8, 4) is 5.75 Å². The van der Waals surface area contributed by atoms with Crippen molar-refractivity contribution in [1.29, 1.82) is 0 Å². The van der Waals surface area contributed by atoms with Gasteiger partial charge in [-0.3, -0.25) is 4.79 Å². The molecular weight excluding hydrogens is 322 g/mol. The standard InChI is InChI=1S/C18H23N3O4/c1-12-19-18(25-20-12)16-10-21(9-14(16)11-23-2)17(22)8-13-5-4-6-15(7-13)24-3/h4-7,14,16H,8-11H2,1-3H3/t14-,16+/m0/s1. The largest absolute Gasteiger partial charge is 0.497 e. The van der Waals surface area contributed by atoms with E-state index in [4.69, 9.17) is 14.0 Å². The van der Waals surface area contributed by atoms with Gasteiger partial charge in [-0.05, 0) is 24.6 Å². The molecule has 1 aromatic heterocycles. The first-order valence-electron chi connectivity index (χ1n) is 8.30. The summed E-state index contributed by atoms with van der Waals surface area (Å²) in [5.74, 6) is 2.18. The van der Waals surface area contributed by atoms with Gasteiger partial charge in [-0.25, -0.2) is 0 Å². The number of rotatable bonds is 6. The fourth-order valence-corrected chi connectivity index (χ4v) is 3.27. The van der Waals surface area contributed by atoms with Gasteiger partial charge in [0.1, 0.15) is 5.75 Å². The molecule has 1 aliphatic heterocycles. The van der Waals surface area contributed by atoms with Gasteiger partial charge in [-0.2, -0.15) is 4.98 Å². The number of aryl methyl sites for hydroxylation is 1. The lowest BCUT2D eigenvalue weighted by molar-refractivity contribution is -0.129. The molecule has 1 fully saturated rings. The van der Waals surface area contributed by atoms with E-state index in [0.29, 0.717) is 37.8 Å². The van der Waals surface area contributed by atoms with Gasteiger partial charge >= 0.3 is 0 Å². The Morgan fingerprint density at radius 3 is 2.88 bits per heavy atom. The summed E-state index contributed by atoms with van der Waals surface area (Å²) in [6.45, 7) is 3.54. The number of methoxy groups -OCH3 is 2. The Kier molecular flexibility index (Phi) is 5.33. The lowest BCUT2D eigenvalue weighted by atomic mass is 9.97. The van der Waals surface area contributed by atoms with Crippen molar-refractivity contribution in [2.24, 2.45) is 5.92 Å². The first-order chi connectivity index (χ1) is 12.1. The smallest absolute Gasteiger partial charge is 0.231 e. The van der Waals surface area contributed by atoms with Gasteiger partial charge in [0.05, 0.1) is 26.1 Å². The van der Waals surface area contributed by atoms with Gasteiger partial charge in [0, 0.05) is 26.1 Å². The maximum absolute atomic E-state index is 12.7. The molecule has 7 heteroatoms. The number of benzene rings is 1. The van der Waals surface area contributed by atoms with Crippen LogP contribution >= 0.6 is 0 Å². The summed E-state index contributed by atoms with van der Waals surface area (Å²) < 4.78 is 15.9. The normalized spacial score (nSPS) is 20.0. The maximum atomic E-state index is 12.7. The van der Waals surface area contributed by atoms with Crippen LogP contribution in [-0.2, 0) is 16.0 Å². The van der Waals surface area contributed by atoms with Crippen LogP contribution in [0.5, 0.6) is 5.75 Å². The maximum Gasteiger partial charge on any atom is 0.231 e. The van der Waals surface area contributed by atoms with Gasteiger partial charge in [-0.1, -0.05) is 17.3 Å². The highest BCUT2D eigenvalue weighted by Crippen LogP contribution is 2.32. The SMILES string of the molecule is COC[C@@H]1CN(C(=O)Cc2cccc(OC)c2)C[C@H]1c1nc(C)no1. The molecule has 0 N–H and O–H groups in total. The van der Waals surface area contributed by atoms with E-state index in [1.54, 1.807) is 21.1 Å². The van der Waals surface area contributed by atoms with E-state index in [1.165, 1.54) is 0 Å². The van der Waals surface area contributed by atoms with E-state index in [-0.39, 0.29) is 17.7 Å². The molecule has 1 aliphatic rings. The lowest BCUT2D eigenvalue weighted by Crippen LogP contribution is -2.30. The number of nitrogens with zero attached hydrogens (tertiary/aromatic N) is 3. The van der Waals surface area contributed by atoms with Crippen LogP contribution in [-0.4, -0.2) is 54.9 Å². The van der Waals surface area contributed by atoms with E-state index >= 15 is 0 Å². The highest BCUT2D eigenvalue weighted by atomic mass is 16.5. The quantitative estimate of drug-likeness (QED) is 0.795. The molecule has 0 aliphatic carbocycles. The summed E-state index contributed by atoms with van der Waals surface area (Å²) in [5, 5.41) is 3.87. The minimum absolute atomic E-state index is 0.00964. The summed E-state index contributed by atoms with van der Waals surface area (Å²) in [4.78, 5) is 18.9. The molecule has 0 radical (unpaired) electrons. The molecular formula is C18H23N3O4. The summed E-state index contributed by atoms with van der Waals surface area (Å²) >= 11 is 0. The highest BCUT2D eigenvalue weighted by molar-refractivity contribution is 5.79. The van der Waals surface area contributed by atoms with Crippen LogP contribution in [0.1, 0.15) is 23.2 Å². The zero-order chi connectivity index (χ0) is 17.8. The first-order valence-corrected chi connectivity index (χ1v) is 8.30. The number of likely N-dealkylation sites (tertiary alicyclic amines) is 1. The average Bonchev–Trinajstić information content (AvgIpc) is 3.21. The number of carbonyl (C=O) groups is 1. The number of hydrogen-bond acceptors (Lipinski definition) is 6. The van der Waals surface area contributed by atoms with Crippen molar-refractivity contribution in [2.75, 3.05) is 33.9 Å². The molecule has 25 heavy (non-hydrogen) atoms. The monoisotopic (exact) mass is 345 g/mol. The summed E-state index contributed by atoms with van der Waals surface area (Å²) in [5.41, 5.74) is 0.935. The van der Waals surface area contributed by atoms with E-state index in [9.17, 15) is 4.79 Å². The summed E-state index contributed by atoms with van der Waals surface area (Å²) in [6.07, 6.45) is 0.340. The van der Waals surface area contributed by atoms with Gasteiger partial charge in [-0.15, -0.1) is 0 Å². The van der Waals surface area contributed by atoms with E-state index < -0.39 is 0 Å². The average molecular weight is 345 g/mol. The molecule has 1 aromatic carbocycles. The molecule has 1 saturated heterocycles. The molecule has 3 rings (SSSR count). The van der Waals surface area contributed by atoms with Crippen LogP contribution in [0.15, 0.2) is 28.8 Å². The zero-order valence-electron chi connectivity index (χ0n) is 14.8. The molecule has 0 unspecified atom stereocenters. The summed E-state index contributed by atoms with van der Waals surface area (Å²) in [6, 6.07) is 7.58. The van der Waals surface area contributed by atoms with E-state index in [2.05, 4.69) is 10.1 Å². The number of ether oxygens (including phenoxy) is 2. The minimum Gasteiger partial charge on any atom is -0.497 e. The fourth-order valence-electron chi connectivity index (χ4n) is 3.27. The van der Waals surface area contributed by atoms with Crippen molar-refractivity contribution < 1.29 is 18.8 Å². The number of amides is 1. The third kappa shape index (κ3) is 3.99. The molecule has 2 heterocycles. The molecule has 0 saturated carbocycles. The molecule has 0 bridgehead atoms. The Hall–Kier alpha value is -2.41. The van der Waals surface area contributed by atoms with Gasteiger partial charge < -0.3 is 18.9 Å². The van der Waals surface area contributed by atoms with Gasteiger partial charge in [0.15, 0.2) is 5.82 Å². The second-order valence-electron chi connectivity index (χ2n) is 6.33. The second kappa shape index (κ2) is 7.65. The third-order valence-corrected chi connectivity index (χ3v) is 4.52. The van der Waals surface area contributed by atoms with Crippen LogP contribution in [0, 0.1) is 12.8 Å². The predicted molar refractivity (Wildman–Crippen MR) is 90.4 cm³/mol. The molecule has 2 atom stereocenters. The Morgan fingerprint density at radius 1 is 1.36 bits per heavy atom. The van der Waals surface area contributed by atoms with Crippen molar-refractivity contribution in [2.45, 2.75) is 19.3 Å². The van der Waals surface area contributed by atoms with Crippen LogP contribution in [0.4, 0.5) is 0 Å². The van der Waals surface area contributed by atoms with Gasteiger partial charge in [0.2, 0.25) is 11.8 Å². The number of hydrogen-bond donors (Lipinski definition) is 0. The highest BCUT2D eigenvalue weighted by Gasteiger charge is 2.39. The Labute approximate surface area is 146 Å². The van der Waals surface area contributed by atoms with Crippen molar-refractivity contribution in [1.82, 2.24) is 15.0 Å². The van der Waals surface area contributed by atoms with Crippen LogP contribution < -0.4 is 4.74 Å². The second-order valence-corrected chi connectivity index (χ2v) is 6.33. The van der Waals surface area contributed by atoms with Crippen LogP contribution in [0.3, 0.4) is 0 Å². The fraction of sp³-hybridized carbons (Fsp3) is 0.500. The zero-order valence-corrected chi connectivity index (χ0v) is 14.8.